The number of ether oxygens (including phenoxy) is 1. The molecule has 2 nitrogen and oxygen atoms in total. The summed E-state index contributed by atoms with van der Waals surface area (Å²) in [5.74, 6) is 0.388. The number of hydrogen-bond donors (Lipinski definition) is 1. The molecule has 1 aliphatic carbocycles. The van der Waals surface area contributed by atoms with Gasteiger partial charge in [-0.05, 0) is 36.3 Å². The molecular weight excluding hydrogens is 236 g/mol. The first-order chi connectivity index (χ1) is 9.19. The minimum atomic E-state index is -0.534. The molecule has 1 aliphatic heterocycles. The summed E-state index contributed by atoms with van der Waals surface area (Å²) in [6, 6.07) is 8.53. The van der Waals surface area contributed by atoms with Crippen molar-refractivity contribution in [3.05, 3.63) is 35.4 Å². The van der Waals surface area contributed by atoms with Gasteiger partial charge in [-0.1, -0.05) is 44.0 Å². The smallest absolute Gasteiger partial charge is 0.0855 e. The molecule has 0 bridgehead atoms. The third kappa shape index (κ3) is 2.56. The third-order valence-electron chi connectivity index (χ3n) is 5.05. The molecule has 104 valence electrons. The van der Waals surface area contributed by atoms with E-state index < -0.39 is 5.60 Å². The van der Waals surface area contributed by atoms with E-state index in [0.29, 0.717) is 5.92 Å². The highest BCUT2D eigenvalue weighted by molar-refractivity contribution is 5.31. The van der Waals surface area contributed by atoms with Gasteiger partial charge in [-0.15, -0.1) is 0 Å². The van der Waals surface area contributed by atoms with Crippen molar-refractivity contribution in [3.8, 4) is 0 Å². The van der Waals surface area contributed by atoms with Gasteiger partial charge in [0.15, 0.2) is 0 Å². The van der Waals surface area contributed by atoms with Crippen molar-refractivity contribution in [2.75, 3.05) is 6.61 Å². The minimum Gasteiger partial charge on any atom is -0.390 e. The Morgan fingerprint density at radius 1 is 1.32 bits per heavy atom. The molecule has 1 aromatic carbocycles. The van der Waals surface area contributed by atoms with E-state index in [1.807, 2.05) is 0 Å². The lowest BCUT2D eigenvalue weighted by atomic mass is 9.72. The Morgan fingerprint density at radius 2 is 2.16 bits per heavy atom. The first-order valence-electron chi connectivity index (χ1n) is 7.61. The van der Waals surface area contributed by atoms with Gasteiger partial charge in [0.05, 0.1) is 18.3 Å². The van der Waals surface area contributed by atoms with E-state index >= 15 is 0 Å². The molecule has 1 fully saturated rings. The molecule has 2 aliphatic rings. The Bertz CT molecular complexity index is 443. The Labute approximate surface area is 115 Å². The van der Waals surface area contributed by atoms with Crippen LogP contribution in [0.15, 0.2) is 24.3 Å². The third-order valence-corrected chi connectivity index (χ3v) is 5.05. The van der Waals surface area contributed by atoms with Gasteiger partial charge in [0.25, 0.3) is 0 Å². The van der Waals surface area contributed by atoms with Crippen LogP contribution >= 0.6 is 0 Å². The molecule has 0 amide bonds. The zero-order valence-corrected chi connectivity index (χ0v) is 11.8. The number of rotatable bonds is 2. The van der Waals surface area contributed by atoms with E-state index in [1.54, 1.807) is 0 Å². The van der Waals surface area contributed by atoms with Gasteiger partial charge in [0.2, 0.25) is 0 Å². The van der Waals surface area contributed by atoms with Gasteiger partial charge >= 0.3 is 0 Å². The molecule has 3 rings (SSSR count). The SMILES string of the molecule is CC1CCCCC1(O)CC1OCCc2ccccc21. The van der Waals surface area contributed by atoms with Gasteiger partial charge in [-0.3, -0.25) is 0 Å². The van der Waals surface area contributed by atoms with E-state index in [1.165, 1.54) is 17.5 Å². The zero-order valence-electron chi connectivity index (χ0n) is 11.8. The Morgan fingerprint density at radius 3 is 3.00 bits per heavy atom. The molecule has 0 aromatic heterocycles. The Kier molecular flexibility index (Phi) is 3.64. The lowest BCUT2D eigenvalue weighted by Crippen LogP contribution is -2.41. The van der Waals surface area contributed by atoms with Crippen LogP contribution in [0.3, 0.4) is 0 Å². The first kappa shape index (κ1) is 13.1. The highest BCUT2D eigenvalue weighted by atomic mass is 16.5. The summed E-state index contributed by atoms with van der Waals surface area (Å²) >= 11 is 0. The topological polar surface area (TPSA) is 29.5 Å². The van der Waals surface area contributed by atoms with Crippen LogP contribution in [0, 0.1) is 5.92 Å². The summed E-state index contributed by atoms with van der Waals surface area (Å²) < 4.78 is 5.96. The normalized spacial score (nSPS) is 34.8. The monoisotopic (exact) mass is 260 g/mol. The highest BCUT2D eigenvalue weighted by Crippen LogP contribution is 2.42. The molecule has 1 N–H and O–H groups in total. The van der Waals surface area contributed by atoms with Crippen molar-refractivity contribution >= 4 is 0 Å². The largest absolute Gasteiger partial charge is 0.390 e. The van der Waals surface area contributed by atoms with Crippen molar-refractivity contribution in [3.63, 3.8) is 0 Å². The van der Waals surface area contributed by atoms with E-state index in [0.717, 1.165) is 38.7 Å². The molecule has 0 saturated heterocycles. The van der Waals surface area contributed by atoms with E-state index in [4.69, 9.17) is 4.74 Å². The van der Waals surface area contributed by atoms with Gasteiger partial charge in [-0.2, -0.15) is 0 Å². The number of fused-ring (bicyclic) bond motifs is 1. The van der Waals surface area contributed by atoms with Crippen molar-refractivity contribution in [2.45, 2.75) is 57.2 Å². The summed E-state index contributed by atoms with van der Waals surface area (Å²) in [6.45, 7) is 2.97. The lowest BCUT2D eigenvalue weighted by molar-refractivity contribution is -0.0924. The summed E-state index contributed by atoms with van der Waals surface area (Å²) in [4.78, 5) is 0. The summed E-state index contributed by atoms with van der Waals surface area (Å²) in [5, 5.41) is 10.9. The molecule has 0 radical (unpaired) electrons. The Hall–Kier alpha value is -0.860. The van der Waals surface area contributed by atoms with Crippen LogP contribution in [0.5, 0.6) is 0 Å². The fourth-order valence-electron chi connectivity index (χ4n) is 3.67. The molecule has 0 spiro atoms. The summed E-state index contributed by atoms with van der Waals surface area (Å²) in [6.07, 6.45) is 6.31. The number of hydrogen-bond acceptors (Lipinski definition) is 2. The van der Waals surface area contributed by atoms with Crippen LogP contribution < -0.4 is 0 Å². The average molecular weight is 260 g/mol. The predicted molar refractivity (Wildman–Crippen MR) is 76.0 cm³/mol. The summed E-state index contributed by atoms with van der Waals surface area (Å²) in [7, 11) is 0. The van der Waals surface area contributed by atoms with Crippen molar-refractivity contribution in [1.29, 1.82) is 0 Å². The molecule has 1 saturated carbocycles. The van der Waals surface area contributed by atoms with E-state index in [2.05, 4.69) is 31.2 Å². The second-order valence-electron chi connectivity index (χ2n) is 6.26. The highest BCUT2D eigenvalue weighted by Gasteiger charge is 2.39. The standard InChI is InChI=1S/C17H24O2/c1-13-6-4-5-10-17(13,18)12-16-15-8-3-2-7-14(15)9-11-19-16/h2-3,7-8,13,16,18H,4-6,9-12H2,1H3. The van der Waals surface area contributed by atoms with Crippen LogP contribution in [-0.4, -0.2) is 17.3 Å². The fourth-order valence-corrected chi connectivity index (χ4v) is 3.67. The van der Waals surface area contributed by atoms with Gasteiger partial charge in [0.1, 0.15) is 0 Å². The first-order valence-corrected chi connectivity index (χ1v) is 7.61. The van der Waals surface area contributed by atoms with Crippen LogP contribution in [0.1, 0.15) is 56.3 Å². The van der Waals surface area contributed by atoms with Crippen molar-refractivity contribution in [1.82, 2.24) is 0 Å². The molecule has 1 heterocycles. The van der Waals surface area contributed by atoms with Crippen molar-refractivity contribution < 1.29 is 9.84 Å². The van der Waals surface area contributed by atoms with Crippen LogP contribution in [0.2, 0.25) is 0 Å². The molecule has 1 aromatic rings. The second-order valence-corrected chi connectivity index (χ2v) is 6.26. The van der Waals surface area contributed by atoms with Gasteiger partial charge in [0, 0.05) is 6.42 Å². The maximum Gasteiger partial charge on any atom is 0.0855 e. The average Bonchev–Trinajstić information content (AvgIpc) is 2.43. The van der Waals surface area contributed by atoms with Crippen LogP contribution in [0.4, 0.5) is 0 Å². The lowest BCUT2D eigenvalue weighted by Gasteiger charge is -2.41. The minimum absolute atomic E-state index is 0.0792. The second kappa shape index (κ2) is 5.26. The maximum atomic E-state index is 10.9. The summed E-state index contributed by atoms with van der Waals surface area (Å²) in [5.41, 5.74) is 2.15. The zero-order chi connectivity index (χ0) is 13.3. The number of benzene rings is 1. The molecule has 3 atom stereocenters. The quantitative estimate of drug-likeness (QED) is 0.880. The van der Waals surface area contributed by atoms with E-state index in [9.17, 15) is 5.11 Å². The van der Waals surface area contributed by atoms with Crippen LogP contribution in [0.25, 0.3) is 0 Å². The molecular formula is C17H24O2. The number of aliphatic hydroxyl groups is 1. The van der Waals surface area contributed by atoms with Gasteiger partial charge in [-0.25, -0.2) is 0 Å². The maximum absolute atomic E-state index is 10.9. The van der Waals surface area contributed by atoms with Crippen molar-refractivity contribution in [2.24, 2.45) is 5.92 Å². The predicted octanol–water partition coefficient (Wildman–Crippen LogP) is 3.63. The molecule has 3 unspecified atom stereocenters. The van der Waals surface area contributed by atoms with E-state index in [-0.39, 0.29) is 6.10 Å². The van der Waals surface area contributed by atoms with Crippen LogP contribution in [-0.2, 0) is 11.2 Å². The molecule has 2 heteroatoms. The Balaban J connectivity index is 1.80. The molecule has 19 heavy (non-hydrogen) atoms. The van der Waals surface area contributed by atoms with Gasteiger partial charge < -0.3 is 9.84 Å². The fraction of sp³-hybridized carbons (Fsp3) is 0.647.